The van der Waals surface area contributed by atoms with E-state index in [1.165, 1.54) is 19.4 Å². The molecule has 74 valence electrons. The van der Waals surface area contributed by atoms with E-state index < -0.39 is 5.97 Å². The Balaban J connectivity index is 3.27. The van der Waals surface area contributed by atoms with Crippen molar-refractivity contribution in [3.8, 4) is 5.75 Å². The molecule has 0 heterocycles. The van der Waals surface area contributed by atoms with Gasteiger partial charge in [-0.05, 0) is 12.1 Å². The summed E-state index contributed by atoms with van der Waals surface area (Å²) in [5.74, 6) is -0.477. The quantitative estimate of drug-likeness (QED) is 0.567. The Hall–Kier alpha value is -1.84. The maximum Gasteiger partial charge on any atom is 0.338 e. The van der Waals surface area contributed by atoms with E-state index in [0.717, 1.165) is 0 Å². The number of carbonyl (C=O) groups excluding carboxylic acids is 1. The second kappa shape index (κ2) is 4.41. The van der Waals surface area contributed by atoms with Gasteiger partial charge in [0.1, 0.15) is 5.75 Å². The van der Waals surface area contributed by atoms with E-state index >= 15 is 0 Å². The number of carbonyl (C=O) groups is 1. The van der Waals surface area contributed by atoms with Gasteiger partial charge in [-0.25, -0.2) is 4.79 Å². The van der Waals surface area contributed by atoms with E-state index in [-0.39, 0.29) is 5.75 Å². The first-order chi connectivity index (χ1) is 6.70. The molecule has 0 bridgehead atoms. The minimum atomic E-state index is -0.490. The number of ether oxygens (including phenoxy) is 1. The highest BCUT2D eigenvalue weighted by atomic mass is 16.5. The molecule has 4 heteroatoms. The lowest BCUT2D eigenvalue weighted by atomic mass is 10.1. The van der Waals surface area contributed by atoms with Crippen LogP contribution in [0.5, 0.6) is 5.75 Å². The maximum atomic E-state index is 11.3. The third-order valence-electron chi connectivity index (χ3n) is 1.75. The van der Waals surface area contributed by atoms with Crippen molar-refractivity contribution in [3.05, 3.63) is 29.3 Å². The van der Waals surface area contributed by atoms with Gasteiger partial charge >= 0.3 is 5.97 Å². The fourth-order valence-electron chi connectivity index (χ4n) is 1.11. The normalized spacial score (nSPS) is 10.4. The number of esters is 1. The lowest BCUT2D eigenvalue weighted by Crippen LogP contribution is -2.05. The van der Waals surface area contributed by atoms with E-state index in [0.29, 0.717) is 11.1 Å². The van der Waals surface area contributed by atoms with Crippen molar-refractivity contribution in [2.45, 2.75) is 0 Å². The van der Waals surface area contributed by atoms with Gasteiger partial charge < -0.3 is 9.84 Å². The number of aliphatic imine (C=N–C) groups is 1. The van der Waals surface area contributed by atoms with Crippen molar-refractivity contribution in [2.75, 3.05) is 14.2 Å². The Labute approximate surface area is 81.9 Å². The van der Waals surface area contributed by atoms with Crippen molar-refractivity contribution < 1.29 is 14.6 Å². The molecule has 0 spiro atoms. The molecule has 0 aliphatic heterocycles. The first-order valence-electron chi connectivity index (χ1n) is 4.03. The molecular formula is C10H11NO3. The second-order valence-corrected chi connectivity index (χ2v) is 2.62. The summed E-state index contributed by atoms with van der Waals surface area (Å²) in [6, 6.07) is 4.64. The van der Waals surface area contributed by atoms with Crippen molar-refractivity contribution in [2.24, 2.45) is 4.99 Å². The number of phenolic OH excluding ortho intramolecular Hbond substituents is 1. The lowest BCUT2D eigenvalue weighted by molar-refractivity contribution is 0.0600. The largest absolute Gasteiger partial charge is 0.507 e. The van der Waals surface area contributed by atoms with Gasteiger partial charge in [-0.1, -0.05) is 6.07 Å². The highest BCUT2D eigenvalue weighted by Gasteiger charge is 2.12. The Bertz CT molecular complexity index is 372. The summed E-state index contributed by atoms with van der Waals surface area (Å²) in [4.78, 5) is 15.0. The highest BCUT2D eigenvalue weighted by Crippen LogP contribution is 2.19. The van der Waals surface area contributed by atoms with E-state index in [4.69, 9.17) is 0 Å². The van der Waals surface area contributed by atoms with Gasteiger partial charge in [0.15, 0.2) is 0 Å². The van der Waals surface area contributed by atoms with Crippen LogP contribution in [0.25, 0.3) is 0 Å². The molecule has 0 amide bonds. The number of phenols is 1. The van der Waals surface area contributed by atoms with E-state index in [9.17, 15) is 9.90 Å². The molecule has 0 saturated heterocycles. The minimum absolute atomic E-state index is 0.0125. The molecule has 0 aliphatic carbocycles. The molecule has 1 aromatic rings. The third kappa shape index (κ3) is 1.90. The zero-order chi connectivity index (χ0) is 10.6. The van der Waals surface area contributed by atoms with Gasteiger partial charge in [-0.3, -0.25) is 4.99 Å². The van der Waals surface area contributed by atoms with Gasteiger partial charge in [0.2, 0.25) is 0 Å². The summed E-state index contributed by atoms with van der Waals surface area (Å²) in [5, 5.41) is 9.47. The molecule has 14 heavy (non-hydrogen) atoms. The summed E-state index contributed by atoms with van der Waals surface area (Å²) in [5.41, 5.74) is 0.681. The van der Waals surface area contributed by atoms with Crippen molar-refractivity contribution in [3.63, 3.8) is 0 Å². The van der Waals surface area contributed by atoms with Crippen LogP contribution in [-0.4, -0.2) is 31.4 Å². The van der Waals surface area contributed by atoms with Gasteiger partial charge in [0.05, 0.1) is 12.7 Å². The molecule has 0 unspecified atom stereocenters. The molecule has 0 radical (unpaired) electrons. The maximum absolute atomic E-state index is 11.3. The van der Waals surface area contributed by atoms with Crippen LogP contribution in [0.3, 0.4) is 0 Å². The molecule has 0 fully saturated rings. The molecule has 4 nitrogen and oxygen atoms in total. The molecule has 1 aromatic carbocycles. The zero-order valence-corrected chi connectivity index (χ0v) is 8.02. The number of hydrogen-bond acceptors (Lipinski definition) is 4. The van der Waals surface area contributed by atoms with Crippen LogP contribution in [-0.2, 0) is 4.74 Å². The smallest absolute Gasteiger partial charge is 0.338 e. The molecule has 0 aromatic heterocycles. The lowest BCUT2D eigenvalue weighted by Gasteiger charge is -2.04. The monoisotopic (exact) mass is 193 g/mol. The Morgan fingerprint density at radius 3 is 2.86 bits per heavy atom. The molecule has 1 rings (SSSR count). The van der Waals surface area contributed by atoms with Crippen molar-refractivity contribution in [1.29, 1.82) is 0 Å². The average molecular weight is 193 g/mol. The van der Waals surface area contributed by atoms with Gasteiger partial charge in [-0.15, -0.1) is 0 Å². The summed E-state index contributed by atoms with van der Waals surface area (Å²) in [6.07, 6.45) is 1.42. The fourth-order valence-corrected chi connectivity index (χ4v) is 1.11. The van der Waals surface area contributed by atoms with E-state index in [1.54, 1.807) is 19.2 Å². The summed E-state index contributed by atoms with van der Waals surface area (Å²) >= 11 is 0. The molecule has 0 aliphatic rings. The second-order valence-electron chi connectivity index (χ2n) is 2.62. The van der Waals surface area contributed by atoms with Crippen molar-refractivity contribution in [1.82, 2.24) is 0 Å². The standard InChI is InChI=1S/C10H11NO3/c1-11-6-8-7(10(13)14-2)4-3-5-9(8)12/h3-6,12H,1-2H3. The Kier molecular flexibility index (Phi) is 3.23. The number of methoxy groups -OCH3 is 1. The summed E-state index contributed by atoms with van der Waals surface area (Å²) < 4.78 is 4.57. The van der Waals surface area contributed by atoms with Crippen LogP contribution in [0.15, 0.2) is 23.2 Å². The first-order valence-corrected chi connectivity index (χ1v) is 4.03. The molecule has 0 saturated carbocycles. The van der Waals surface area contributed by atoms with Crippen LogP contribution < -0.4 is 0 Å². The van der Waals surface area contributed by atoms with Crippen LogP contribution in [0.1, 0.15) is 15.9 Å². The predicted octanol–water partition coefficient (Wildman–Crippen LogP) is 1.23. The van der Waals surface area contributed by atoms with Crippen LogP contribution >= 0.6 is 0 Å². The summed E-state index contributed by atoms with van der Waals surface area (Å²) in [7, 11) is 2.85. The number of benzene rings is 1. The Morgan fingerprint density at radius 1 is 1.57 bits per heavy atom. The van der Waals surface area contributed by atoms with Gasteiger partial charge in [-0.2, -0.15) is 0 Å². The SMILES string of the molecule is CN=Cc1c(O)cccc1C(=O)OC. The predicted molar refractivity (Wildman–Crippen MR) is 53.0 cm³/mol. The first kappa shape index (κ1) is 10.2. The van der Waals surface area contributed by atoms with Crippen LogP contribution in [0.4, 0.5) is 0 Å². The number of aromatic hydroxyl groups is 1. The van der Waals surface area contributed by atoms with Crippen molar-refractivity contribution >= 4 is 12.2 Å². The van der Waals surface area contributed by atoms with Gasteiger partial charge in [0.25, 0.3) is 0 Å². The number of nitrogens with zero attached hydrogens (tertiary/aromatic N) is 1. The third-order valence-corrected chi connectivity index (χ3v) is 1.75. The van der Waals surface area contributed by atoms with Gasteiger partial charge in [0, 0.05) is 18.8 Å². The van der Waals surface area contributed by atoms with Crippen LogP contribution in [0, 0.1) is 0 Å². The van der Waals surface area contributed by atoms with E-state index in [1.807, 2.05) is 0 Å². The highest BCUT2D eigenvalue weighted by molar-refractivity contribution is 6.01. The zero-order valence-electron chi connectivity index (χ0n) is 8.02. The summed E-state index contributed by atoms with van der Waals surface area (Å²) in [6.45, 7) is 0. The number of rotatable bonds is 2. The van der Waals surface area contributed by atoms with E-state index in [2.05, 4.69) is 9.73 Å². The average Bonchev–Trinajstić information content (AvgIpc) is 2.20. The fraction of sp³-hybridized carbons (Fsp3) is 0.200. The molecule has 0 atom stereocenters. The topological polar surface area (TPSA) is 58.9 Å². The van der Waals surface area contributed by atoms with Crippen LogP contribution in [0.2, 0.25) is 0 Å². The number of hydrogen-bond donors (Lipinski definition) is 1. The minimum Gasteiger partial charge on any atom is -0.507 e. The molecule has 1 N–H and O–H groups in total. The molecular weight excluding hydrogens is 182 g/mol. The Morgan fingerprint density at radius 2 is 2.29 bits per heavy atom.